The van der Waals surface area contributed by atoms with Gasteiger partial charge in [0.1, 0.15) is 5.82 Å². The Morgan fingerprint density at radius 2 is 1.96 bits per heavy atom. The van der Waals surface area contributed by atoms with E-state index >= 15 is 0 Å². The van der Waals surface area contributed by atoms with Crippen LogP contribution in [0.5, 0.6) is 0 Å². The van der Waals surface area contributed by atoms with Gasteiger partial charge >= 0.3 is 6.18 Å². The second kappa shape index (κ2) is 7.64. The van der Waals surface area contributed by atoms with Crippen LogP contribution in [0.3, 0.4) is 0 Å². The van der Waals surface area contributed by atoms with Crippen molar-refractivity contribution in [3.63, 3.8) is 0 Å². The van der Waals surface area contributed by atoms with Crippen molar-refractivity contribution in [2.75, 3.05) is 6.54 Å². The molecule has 0 amide bonds. The molecule has 0 N–H and O–H groups in total. The topological polar surface area (TPSA) is 20.3 Å². The molecule has 1 aliphatic rings. The third-order valence-electron chi connectivity index (χ3n) is 3.98. The van der Waals surface area contributed by atoms with Crippen LogP contribution in [0.15, 0.2) is 39.9 Å². The molecule has 0 aliphatic carbocycles. The van der Waals surface area contributed by atoms with Crippen molar-refractivity contribution in [1.82, 2.24) is 4.90 Å². The number of halogens is 4. The number of nitrogens with zero attached hydrogens (tertiary/aromatic N) is 1. The fourth-order valence-corrected chi connectivity index (χ4v) is 3.58. The Bertz CT molecular complexity index is 737. The number of thioether (sulfide) groups is 1. The minimum atomic E-state index is -4.72. The number of unbranched alkanes of at least 4 members (excludes halogenated alkanes) is 1. The van der Waals surface area contributed by atoms with Gasteiger partial charge in [0.15, 0.2) is 5.78 Å². The molecule has 0 bridgehead atoms. The van der Waals surface area contributed by atoms with Crippen molar-refractivity contribution in [2.45, 2.75) is 39.8 Å². The van der Waals surface area contributed by atoms with E-state index < -0.39 is 28.9 Å². The van der Waals surface area contributed by atoms with Gasteiger partial charge in [0.2, 0.25) is 0 Å². The molecule has 1 heterocycles. The van der Waals surface area contributed by atoms with Crippen LogP contribution in [0.25, 0.3) is 0 Å². The lowest BCUT2D eigenvalue weighted by Crippen LogP contribution is -2.19. The zero-order chi connectivity index (χ0) is 18.8. The van der Waals surface area contributed by atoms with Crippen molar-refractivity contribution in [3.8, 4) is 0 Å². The molecule has 0 unspecified atom stereocenters. The molecule has 7 heteroatoms. The van der Waals surface area contributed by atoms with Crippen LogP contribution in [-0.2, 0) is 6.18 Å². The van der Waals surface area contributed by atoms with Gasteiger partial charge in [-0.05, 0) is 38.5 Å². The highest BCUT2D eigenvalue weighted by Gasteiger charge is 2.35. The number of alkyl halides is 3. The second-order valence-corrected chi connectivity index (χ2v) is 7.02. The van der Waals surface area contributed by atoms with Crippen LogP contribution in [0.2, 0.25) is 0 Å². The van der Waals surface area contributed by atoms with Crippen LogP contribution in [0.1, 0.15) is 49.5 Å². The molecule has 0 aromatic heterocycles. The molecular formula is C18H19F4NOS. The number of hydrogen-bond acceptors (Lipinski definition) is 3. The molecule has 25 heavy (non-hydrogen) atoms. The predicted molar refractivity (Wildman–Crippen MR) is 91.4 cm³/mol. The monoisotopic (exact) mass is 373 g/mol. The summed E-state index contributed by atoms with van der Waals surface area (Å²) in [6, 6.07) is 1.96. The highest BCUT2D eigenvalue weighted by Crippen LogP contribution is 2.41. The van der Waals surface area contributed by atoms with E-state index in [1.165, 1.54) is 17.8 Å². The third kappa shape index (κ3) is 4.45. The quantitative estimate of drug-likeness (QED) is 0.360. The second-order valence-electron chi connectivity index (χ2n) is 5.78. The first-order valence-electron chi connectivity index (χ1n) is 7.90. The summed E-state index contributed by atoms with van der Waals surface area (Å²) in [7, 11) is 0. The van der Waals surface area contributed by atoms with Crippen molar-refractivity contribution in [2.24, 2.45) is 0 Å². The number of carbonyl (C=O) groups excluding carboxylic acids is 1. The smallest absolute Gasteiger partial charge is 0.339 e. The third-order valence-corrected chi connectivity index (χ3v) is 5.13. The minimum Gasteiger partial charge on any atom is -0.339 e. The fourth-order valence-electron chi connectivity index (χ4n) is 2.50. The highest BCUT2D eigenvalue weighted by molar-refractivity contribution is 8.06. The van der Waals surface area contributed by atoms with Gasteiger partial charge in [0.05, 0.1) is 10.6 Å². The largest absolute Gasteiger partial charge is 0.417 e. The van der Waals surface area contributed by atoms with Gasteiger partial charge in [0, 0.05) is 28.8 Å². The Morgan fingerprint density at radius 1 is 1.28 bits per heavy atom. The molecule has 1 aromatic carbocycles. The summed E-state index contributed by atoms with van der Waals surface area (Å²) in [5, 5.41) is 0.575. The maximum absolute atomic E-state index is 13.4. The molecule has 1 aromatic rings. The molecule has 2 nitrogen and oxygen atoms in total. The Labute approximate surface area is 148 Å². The first-order valence-corrected chi connectivity index (χ1v) is 8.72. The van der Waals surface area contributed by atoms with E-state index in [9.17, 15) is 22.4 Å². The molecule has 0 saturated carbocycles. The van der Waals surface area contributed by atoms with E-state index in [-0.39, 0.29) is 0 Å². The first-order chi connectivity index (χ1) is 11.6. The molecule has 0 radical (unpaired) electrons. The maximum Gasteiger partial charge on any atom is 0.417 e. The zero-order valence-corrected chi connectivity index (χ0v) is 15.0. The van der Waals surface area contributed by atoms with E-state index in [1.807, 2.05) is 25.7 Å². The predicted octanol–water partition coefficient (Wildman–Crippen LogP) is 5.97. The van der Waals surface area contributed by atoms with E-state index in [2.05, 4.69) is 0 Å². The molecule has 0 atom stereocenters. The lowest BCUT2D eigenvalue weighted by Gasteiger charge is -2.21. The lowest BCUT2D eigenvalue weighted by atomic mass is 10.0. The number of benzene rings is 1. The van der Waals surface area contributed by atoms with Crippen molar-refractivity contribution in [3.05, 3.63) is 56.9 Å². The van der Waals surface area contributed by atoms with Gasteiger partial charge < -0.3 is 4.90 Å². The van der Waals surface area contributed by atoms with Gasteiger partial charge in [-0.2, -0.15) is 13.2 Å². The van der Waals surface area contributed by atoms with Crippen LogP contribution in [0, 0.1) is 5.82 Å². The average molecular weight is 373 g/mol. The van der Waals surface area contributed by atoms with Gasteiger partial charge in [-0.25, -0.2) is 4.39 Å². The molecule has 0 spiro atoms. The summed E-state index contributed by atoms with van der Waals surface area (Å²) in [5.41, 5.74) is -0.814. The number of carbonyl (C=O) groups is 1. The van der Waals surface area contributed by atoms with Gasteiger partial charge in [-0.1, -0.05) is 25.1 Å². The lowest BCUT2D eigenvalue weighted by molar-refractivity contribution is -0.137. The summed E-state index contributed by atoms with van der Waals surface area (Å²) < 4.78 is 52.7. The van der Waals surface area contributed by atoms with Crippen LogP contribution in [0.4, 0.5) is 17.6 Å². The van der Waals surface area contributed by atoms with Gasteiger partial charge in [-0.15, -0.1) is 0 Å². The van der Waals surface area contributed by atoms with Crippen LogP contribution < -0.4 is 0 Å². The van der Waals surface area contributed by atoms with Crippen molar-refractivity contribution >= 4 is 17.5 Å². The highest BCUT2D eigenvalue weighted by atomic mass is 32.2. The minimum absolute atomic E-state index is 0.575. The maximum atomic E-state index is 13.4. The number of ketones is 1. The van der Waals surface area contributed by atoms with Crippen molar-refractivity contribution in [1.29, 1.82) is 0 Å². The average Bonchev–Trinajstić information content (AvgIpc) is 2.78. The molecule has 136 valence electrons. The number of hydrogen-bond donors (Lipinski definition) is 0. The first kappa shape index (κ1) is 19.6. The van der Waals surface area contributed by atoms with E-state index in [1.54, 1.807) is 0 Å². The fraction of sp³-hybridized carbons (Fsp3) is 0.389. The van der Waals surface area contributed by atoms with Crippen molar-refractivity contribution < 1.29 is 22.4 Å². The Morgan fingerprint density at radius 3 is 2.56 bits per heavy atom. The Kier molecular flexibility index (Phi) is 5.98. The molecular weight excluding hydrogens is 354 g/mol. The Balaban J connectivity index is 2.39. The van der Waals surface area contributed by atoms with E-state index in [4.69, 9.17) is 0 Å². The Hall–Kier alpha value is -1.76. The van der Waals surface area contributed by atoms with E-state index in [0.29, 0.717) is 29.8 Å². The van der Waals surface area contributed by atoms with E-state index in [0.717, 1.165) is 23.4 Å². The normalized spacial score (nSPS) is 16.9. The summed E-state index contributed by atoms with van der Waals surface area (Å²) in [5.74, 6) is -1.72. The molecule has 1 aliphatic heterocycles. The summed E-state index contributed by atoms with van der Waals surface area (Å²) >= 11 is 1.34. The van der Waals surface area contributed by atoms with Crippen LogP contribution >= 0.6 is 11.8 Å². The molecule has 0 saturated heterocycles. The number of allylic oxidation sites excluding steroid dienone is 3. The summed E-state index contributed by atoms with van der Waals surface area (Å²) in [6.07, 6.45) is -1.70. The summed E-state index contributed by atoms with van der Waals surface area (Å²) in [6.45, 7) is 6.52. The SMILES string of the molecule is CCCCN1C(=CC(=O)c2cc(F)ccc2C(F)(F)F)SC(C)=C1C. The van der Waals surface area contributed by atoms with Gasteiger partial charge in [0.25, 0.3) is 0 Å². The standard InChI is InChI=1S/C18H19F4NOS/c1-4-5-8-23-11(2)12(3)25-17(23)10-16(24)14-9-13(19)6-7-15(14)18(20,21)22/h6-7,9-10H,4-5,8H2,1-3H3. The number of rotatable bonds is 5. The summed E-state index contributed by atoms with van der Waals surface area (Å²) in [4.78, 5) is 15.4. The van der Waals surface area contributed by atoms with Crippen LogP contribution in [-0.4, -0.2) is 17.2 Å². The molecule has 0 fully saturated rings. The van der Waals surface area contributed by atoms with Gasteiger partial charge in [-0.3, -0.25) is 4.79 Å². The molecule has 2 rings (SSSR count). The zero-order valence-electron chi connectivity index (χ0n) is 14.2.